The van der Waals surface area contributed by atoms with E-state index in [9.17, 15) is 14.7 Å². The second-order valence-corrected chi connectivity index (χ2v) is 6.44. The summed E-state index contributed by atoms with van der Waals surface area (Å²) < 4.78 is 10.2. The highest BCUT2D eigenvalue weighted by atomic mass is 35.5. The summed E-state index contributed by atoms with van der Waals surface area (Å²) in [6.45, 7) is 3.83. The van der Waals surface area contributed by atoms with Gasteiger partial charge in [0.1, 0.15) is 11.3 Å². The van der Waals surface area contributed by atoms with Gasteiger partial charge >= 0.3 is 11.9 Å². The summed E-state index contributed by atoms with van der Waals surface area (Å²) in [5.41, 5.74) is 1.62. The average Bonchev–Trinajstić information content (AvgIpc) is 2.70. The van der Waals surface area contributed by atoms with E-state index in [1.165, 1.54) is 24.4 Å². The van der Waals surface area contributed by atoms with Gasteiger partial charge in [0, 0.05) is 16.6 Å². The van der Waals surface area contributed by atoms with Crippen LogP contribution < -0.4 is 5.32 Å². The Bertz CT molecular complexity index is 1080. The maximum atomic E-state index is 12.5. The maximum absolute atomic E-state index is 12.5. The monoisotopic (exact) mass is 414 g/mol. The Morgan fingerprint density at radius 1 is 1.07 bits per heavy atom. The van der Waals surface area contributed by atoms with Crippen LogP contribution in [0.5, 0.6) is 5.75 Å². The number of esters is 2. The van der Waals surface area contributed by atoms with Gasteiger partial charge in [-0.2, -0.15) is 0 Å². The molecule has 0 atom stereocenters. The number of aromatic hydroxyl groups is 1. The SMILES string of the molecule is CCOC(=O)c1ccc2ncc(C(=O)OCC)c(Nc3cc(Cl)ccc3O)c2c1. The topological polar surface area (TPSA) is 97.8 Å². The van der Waals surface area contributed by atoms with E-state index in [2.05, 4.69) is 10.3 Å². The van der Waals surface area contributed by atoms with Crippen molar-refractivity contribution in [2.45, 2.75) is 13.8 Å². The molecular weight excluding hydrogens is 396 g/mol. The third-order valence-electron chi connectivity index (χ3n) is 4.09. The zero-order valence-corrected chi connectivity index (χ0v) is 16.6. The number of rotatable bonds is 6. The van der Waals surface area contributed by atoms with Gasteiger partial charge in [0.25, 0.3) is 0 Å². The first-order chi connectivity index (χ1) is 13.9. The zero-order valence-electron chi connectivity index (χ0n) is 15.9. The van der Waals surface area contributed by atoms with Crippen LogP contribution in [0.3, 0.4) is 0 Å². The number of nitrogens with one attached hydrogen (secondary N) is 1. The summed E-state index contributed by atoms with van der Waals surface area (Å²) in [6.07, 6.45) is 1.38. The van der Waals surface area contributed by atoms with Gasteiger partial charge in [-0.25, -0.2) is 9.59 Å². The molecule has 150 valence electrons. The van der Waals surface area contributed by atoms with Crippen LogP contribution in [-0.4, -0.2) is 35.2 Å². The Morgan fingerprint density at radius 3 is 2.52 bits per heavy atom. The fraction of sp³-hybridized carbons (Fsp3) is 0.190. The van der Waals surface area contributed by atoms with Crippen molar-refractivity contribution in [2.75, 3.05) is 18.5 Å². The molecule has 7 nitrogen and oxygen atoms in total. The van der Waals surface area contributed by atoms with Gasteiger partial charge in [0.05, 0.1) is 35.7 Å². The molecule has 2 N–H and O–H groups in total. The summed E-state index contributed by atoms with van der Waals surface area (Å²) in [5.74, 6) is -1.14. The molecule has 0 amide bonds. The fourth-order valence-corrected chi connectivity index (χ4v) is 2.95. The van der Waals surface area contributed by atoms with Crippen LogP contribution in [0.25, 0.3) is 10.9 Å². The van der Waals surface area contributed by atoms with Crippen LogP contribution in [-0.2, 0) is 9.47 Å². The number of phenols is 1. The van der Waals surface area contributed by atoms with E-state index in [4.69, 9.17) is 21.1 Å². The van der Waals surface area contributed by atoms with E-state index in [1.54, 1.807) is 32.0 Å². The number of pyridine rings is 1. The van der Waals surface area contributed by atoms with E-state index in [-0.39, 0.29) is 30.2 Å². The smallest absolute Gasteiger partial charge is 0.341 e. The number of nitrogens with zero attached hydrogens (tertiary/aromatic N) is 1. The minimum atomic E-state index is -0.590. The zero-order chi connectivity index (χ0) is 21.0. The normalized spacial score (nSPS) is 10.6. The van der Waals surface area contributed by atoms with Crippen LogP contribution in [0.1, 0.15) is 34.6 Å². The van der Waals surface area contributed by atoms with E-state index in [0.29, 0.717) is 27.2 Å². The van der Waals surface area contributed by atoms with Gasteiger partial charge in [-0.15, -0.1) is 0 Å². The first-order valence-electron chi connectivity index (χ1n) is 8.97. The molecule has 2 aromatic carbocycles. The Hall–Kier alpha value is -3.32. The Balaban J connectivity index is 2.21. The number of fused-ring (bicyclic) bond motifs is 1. The average molecular weight is 415 g/mol. The molecule has 0 aliphatic carbocycles. The lowest BCUT2D eigenvalue weighted by Gasteiger charge is -2.16. The number of carbonyl (C=O) groups is 2. The Labute approximate surface area is 172 Å². The lowest BCUT2D eigenvalue weighted by atomic mass is 10.1. The lowest BCUT2D eigenvalue weighted by molar-refractivity contribution is 0.0518. The third-order valence-corrected chi connectivity index (χ3v) is 4.33. The minimum Gasteiger partial charge on any atom is -0.506 e. The number of hydrogen-bond donors (Lipinski definition) is 2. The molecule has 0 radical (unpaired) electrons. The largest absolute Gasteiger partial charge is 0.506 e. The molecule has 8 heteroatoms. The summed E-state index contributed by atoms with van der Waals surface area (Å²) in [6, 6.07) is 9.32. The second-order valence-electron chi connectivity index (χ2n) is 6.01. The van der Waals surface area contributed by atoms with Gasteiger partial charge in [0.15, 0.2) is 0 Å². The van der Waals surface area contributed by atoms with Crippen molar-refractivity contribution in [2.24, 2.45) is 0 Å². The maximum Gasteiger partial charge on any atom is 0.341 e. The van der Waals surface area contributed by atoms with E-state index in [0.717, 1.165) is 0 Å². The number of aromatic nitrogens is 1. The standard InChI is InChI=1S/C21H19ClN2O5/c1-3-28-20(26)12-5-7-16-14(9-12)19(15(11-23-16)21(27)29-4-2)24-17-10-13(22)6-8-18(17)25/h5-11,25H,3-4H2,1-2H3,(H,23,24). The third kappa shape index (κ3) is 4.41. The number of anilines is 2. The van der Waals surface area contributed by atoms with Gasteiger partial charge in [-0.05, 0) is 50.2 Å². The summed E-state index contributed by atoms with van der Waals surface area (Å²) >= 11 is 6.04. The molecule has 0 aliphatic rings. The predicted molar refractivity (Wildman–Crippen MR) is 110 cm³/mol. The quantitative estimate of drug-likeness (QED) is 0.446. The number of ether oxygens (including phenoxy) is 2. The lowest BCUT2D eigenvalue weighted by Crippen LogP contribution is -2.10. The molecule has 0 saturated carbocycles. The minimum absolute atomic E-state index is 0.0595. The van der Waals surface area contributed by atoms with Gasteiger partial charge < -0.3 is 19.9 Å². The van der Waals surface area contributed by atoms with E-state index >= 15 is 0 Å². The molecule has 29 heavy (non-hydrogen) atoms. The highest BCUT2D eigenvalue weighted by Gasteiger charge is 2.19. The van der Waals surface area contributed by atoms with Gasteiger partial charge in [0.2, 0.25) is 0 Å². The van der Waals surface area contributed by atoms with E-state index in [1.807, 2.05) is 0 Å². The summed E-state index contributed by atoms with van der Waals surface area (Å²) in [7, 11) is 0. The second kappa shape index (κ2) is 8.79. The first-order valence-corrected chi connectivity index (χ1v) is 9.35. The van der Waals surface area contributed by atoms with Crippen molar-refractivity contribution in [1.82, 2.24) is 4.98 Å². The molecule has 3 rings (SSSR count). The van der Waals surface area contributed by atoms with Crippen molar-refractivity contribution >= 4 is 45.8 Å². The van der Waals surface area contributed by atoms with Crippen LogP contribution in [0, 0.1) is 0 Å². The molecule has 0 spiro atoms. The van der Waals surface area contributed by atoms with E-state index < -0.39 is 11.9 Å². The number of benzene rings is 2. The van der Waals surface area contributed by atoms with Crippen LogP contribution in [0.2, 0.25) is 5.02 Å². The summed E-state index contributed by atoms with van der Waals surface area (Å²) in [5, 5.41) is 14.1. The molecule has 1 aromatic heterocycles. The van der Waals surface area contributed by atoms with Crippen molar-refractivity contribution in [1.29, 1.82) is 0 Å². The molecule has 3 aromatic rings. The number of hydrogen-bond acceptors (Lipinski definition) is 7. The van der Waals surface area contributed by atoms with Gasteiger partial charge in [-0.3, -0.25) is 4.98 Å². The van der Waals surface area contributed by atoms with Gasteiger partial charge in [-0.1, -0.05) is 11.6 Å². The number of halogens is 1. The van der Waals surface area contributed by atoms with Crippen molar-refractivity contribution in [3.8, 4) is 5.75 Å². The van der Waals surface area contributed by atoms with Crippen molar-refractivity contribution in [3.63, 3.8) is 0 Å². The first kappa shape index (κ1) is 20.4. The fourth-order valence-electron chi connectivity index (χ4n) is 2.78. The van der Waals surface area contributed by atoms with Crippen LogP contribution >= 0.6 is 11.6 Å². The van der Waals surface area contributed by atoms with Crippen molar-refractivity contribution < 1.29 is 24.2 Å². The molecule has 0 aliphatic heterocycles. The van der Waals surface area contributed by atoms with Crippen LogP contribution in [0.4, 0.5) is 11.4 Å². The van der Waals surface area contributed by atoms with Crippen molar-refractivity contribution in [3.05, 3.63) is 58.7 Å². The predicted octanol–water partition coefficient (Wildman–Crippen LogP) is 4.69. The molecule has 0 fully saturated rings. The Morgan fingerprint density at radius 2 is 1.79 bits per heavy atom. The highest BCUT2D eigenvalue weighted by molar-refractivity contribution is 6.31. The molecular formula is C21H19ClN2O5. The summed E-state index contributed by atoms with van der Waals surface area (Å²) in [4.78, 5) is 28.9. The number of phenolic OH excluding ortho intramolecular Hbond substituents is 1. The Kier molecular flexibility index (Phi) is 6.19. The molecule has 1 heterocycles. The molecule has 0 bridgehead atoms. The molecule has 0 unspecified atom stereocenters. The number of carbonyl (C=O) groups excluding carboxylic acids is 2. The highest BCUT2D eigenvalue weighted by Crippen LogP contribution is 2.35. The van der Waals surface area contributed by atoms with Crippen LogP contribution in [0.15, 0.2) is 42.6 Å². The molecule has 0 saturated heterocycles.